The summed E-state index contributed by atoms with van der Waals surface area (Å²) in [5.74, 6) is 1.06. The van der Waals surface area contributed by atoms with Crippen LogP contribution in [0.15, 0.2) is 24.3 Å². The van der Waals surface area contributed by atoms with Crippen LogP contribution in [-0.2, 0) is 4.79 Å². The zero-order chi connectivity index (χ0) is 13.4. The second-order valence-electron chi connectivity index (χ2n) is 5.46. The van der Waals surface area contributed by atoms with Gasteiger partial charge in [-0.05, 0) is 31.4 Å². The summed E-state index contributed by atoms with van der Waals surface area (Å²) in [5.41, 5.74) is 0.845. The summed E-state index contributed by atoms with van der Waals surface area (Å²) < 4.78 is 5.33. The molecule has 2 aliphatic heterocycles. The molecule has 4 nitrogen and oxygen atoms in total. The number of methoxy groups -OCH3 is 1. The van der Waals surface area contributed by atoms with Gasteiger partial charge >= 0.3 is 0 Å². The van der Waals surface area contributed by atoms with Gasteiger partial charge in [0.1, 0.15) is 5.75 Å². The molecule has 1 amide bonds. The SMILES string of the molecule is COc1ccccc1N(C)C(=O)C1CC2CCC1N2. The minimum Gasteiger partial charge on any atom is -0.495 e. The van der Waals surface area contributed by atoms with E-state index in [-0.39, 0.29) is 11.8 Å². The topological polar surface area (TPSA) is 41.6 Å². The van der Waals surface area contributed by atoms with Crippen molar-refractivity contribution in [2.45, 2.75) is 31.3 Å². The lowest BCUT2D eigenvalue weighted by Gasteiger charge is -2.26. The molecule has 2 heterocycles. The molecule has 4 heteroatoms. The molecule has 1 aromatic rings. The van der Waals surface area contributed by atoms with E-state index in [9.17, 15) is 4.79 Å². The monoisotopic (exact) mass is 260 g/mol. The summed E-state index contributed by atoms with van der Waals surface area (Å²) in [7, 11) is 3.47. The van der Waals surface area contributed by atoms with Gasteiger partial charge in [-0.25, -0.2) is 0 Å². The maximum atomic E-state index is 12.6. The van der Waals surface area contributed by atoms with E-state index in [2.05, 4.69) is 5.32 Å². The average molecular weight is 260 g/mol. The summed E-state index contributed by atoms with van der Waals surface area (Å²) in [6.07, 6.45) is 3.32. The normalized spacial score (nSPS) is 28.4. The first-order chi connectivity index (χ1) is 9.20. The van der Waals surface area contributed by atoms with E-state index < -0.39 is 0 Å². The predicted molar refractivity (Wildman–Crippen MR) is 74.5 cm³/mol. The largest absolute Gasteiger partial charge is 0.495 e. The number of nitrogens with zero attached hydrogens (tertiary/aromatic N) is 1. The predicted octanol–water partition coefficient (Wildman–Crippen LogP) is 1.80. The first-order valence-corrected chi connectivity index (χ1v) is 6.87. The Balaban J connectivity index is 1.80. The number of carbonyl (C=O) groups is 1. The molecule has 3 unspecified atom stereocenters. The van der Waals surface area contributed by atoms with Crippen LogP contribution in [0.5, 0.6) is 5.75 Å². The van der Waals surface area contributed by atoms with Crippen molar-refractivity contribution in [2.24, 2.45) is 5.92 Å². The minimum atomic E-state index is 0.119. The van der Waals surface area contributed by atoms with Gasteiger partial charge in [-0.3, -0.25) is 4.79 Å². The van der Waals surface area contributed by atoms with E-state index in [0.29, 0.717) is 12.1 Å². The van der Waals surface area contributed by atoms with Crippen molar-refractivity contribution in [3.8, 4) is 5.75 Å². The van der Waals surface area contributed by atoms with Gasteiger partial charge in [-0.1, -0.05) is 12.1 Å². The van der Waals surface area contributed by atoms with Crippen LogP contribution in [0, 0.1) is 5.92 Å². The second kappa shape index (κ2) is 4.85. The van der Waals surface area contributed by atoms with Crippen LogP contribution in [-0.4, -0.2) is 32.1 Å². The van der Waals surface area contributed by atoms with Crippen molar-refractivity contribution < 1.29 is 9.53 Å². The third-order valence-electron chi connectivity index (χ3n) is 4.39. The maximum Gasteiger partial charge on any atom is 0.231 e. The Bertz CT molecular complexity index is 489. The van der Waals surface area contributed by atoms with Gasteiger partial charge in [0.25, 0.3) is 0 Å². The van der Waals surface area contributed by atoms with Crippen molar-refractivity contribution in [2.75, 3.05) is 19.1 Å². The number of para-hydroxylation sites is 2. The van der Waals surface area contributed by atoms with Gasteiger partial charge < -0.3 is 15.0 Å². The zero-order valence-electron chi connectivity index (χ0n) is 11.4. The Morgan fingerprint density at radius 3 is 2.79 bits per heavy atom. The zero-order valence-corrected chi connectivity index (χ0v) is 11.4. The summed E-state index contributed by atoms with van der Waals surface area (Å²) in [6.45, 7) is 0. The van der Waals surface area contributed by atoms with Gasteiger partial charge in [-0.15, -0.1) is 0 Å². The molecule has 0 spiro atoms. The lowest BCUT2D eigenvalue weighted by atomic mass is 9.88. The summed E-state index contributed by atoms with van der Waals surface area (Å²) in [5, 5.41) is 3.51. The van der Waals surface area contributed by atoms with Gasteiger partial charge in [-0.2, -0.15) is 0 Å². The highest BCUT2D eigenvalue weighted by Crippen LogP contribution is 2.36. The van der Waals surface area contributed by atoms with Crippen molar-refractivity contribution >= 4 is 11.6 Å². The average Bonchev–Trinajstić information content (AvgIpc) is 3.08. The van der Waals surface area contributed by atoms with E-state index in [1.54, 1.807) is 12.0 Å². The van der Waals surface area contributed by atoms with Crippen LogP contribution in [0.2, 0.25) is 0 Å². The number of hydrogen-bond acceptors (Lipinski definition) is 3. The van der Waals surface area contributed by atoms with Crippen molar-refractivity contribution in [1.29, 1.82) is 0 Å². The second-order valence-corrected chi connectivity index (χ2v) is 5.46. The number of fused-ring (bicyclic) bond motifs is 2. The number of nitrogens with one attached hydrogen (secondary N) is 1. The Labute approximate surface area is 113 Å². The Morgan fingerprint density at radius 1 is 1.37 bits per heavy atom. The number of ether oxygens (including phenoxy) is 1. The van der Waals surface area contributed by atoms with Gasteiger partial charge in [0.15, 0.2) is 0 Å². The number of benzene rings is 1. The van der Waals surface area contributed by atoms with E-state index in [1.165, 1.54) is 6.42 Å². The number of amides is 1. The van der Waals surface area contributed by atoms with E-state index in [0.717, 1.165) is 24.3 Å². The first-order valence-electron chi connectivity index (χ1n) is 6.87. The molecule has 1 N–H and O–H groups in total. The summed E-state index contributed by atoms with van der Waals surface area (Å²) in [6, 6.07) is 8.58. The van der Waals surface area contributed by atoms with Gasteiger partial charge in [0, 0.05) is 19.1 Å². The fourth-order valence-corrected chi connectivity index (χ4v) is 3.37. The molecular formula is C15H20N2O2. The highest BCUT2D eigenvalue weighted by atomic mass is 16.5. The van der Waals surface area contributed by atoms with Crippen LogP contribution in [0.4, 0.5) is 5.69 Å². The van der Waals surface area contributed by atoms with Crippen LogP contribution < -0.4 is 15.0 Å². The molecule has 0 aromatic heterocycles. The summed E-state index contributed by atoms with van der Waals surface area (Å²) in [4.78, 5) is 14.4. The Morgan fingerprint density at radius 2 is 2.16 bits per heavy atom. The van der Waals surface area contributed by atoms with E-state index in [4.69, 9.17) is 4.74 Å². The highest BCUT2D eigenvalue weighted by Gasteiger charge is 2.44. The lowest BCUT2D eigenvalue weighted by molar-refractivity contribution is -0.122. The van der Waals surface area contributed by atoms with E-state index >= 15 is 0 Å². The summed E-state index contributed by atoms with van der Waals surface area (Å²) >= 11 is 0. The maximum absolute atomic E-state index is 12.6. The molecule has 102 valence electrons. The highest BCUT2D eigenvalue weighted by molar-refractivity contribution is 5.96. The van der Waals surface area contributed by atoms with Crippen molar-refractivity contribution in [1.82, 2.24) is 5.32 Å². The molecule has 3 atom stereocenters. The smallest absolute Gasteiger partial charge is 0.231 e. The molecule has 2 saturated heterocycles. The molecule has 2 fully saturated rings. The fourth-order valence-electron chi connectivity index (χ4n) is 3.37. The van der Waals surface area contributed by atoms with Crippen LogP contribution in [0.25, 0.3) is 0 Å². The quantitative estimate of drug-likeness (QED) is 0.901. The molecule has 2 aliphatic rings. The molecule has 19 heavy (non-hydrogen) atoms. The van der Waals surface area contributed by atoms with Crippen molar-refractivity contribution in [3.05, 3.63) is 24.3 Å². The standard InChI is InChI=1S/C15H20N2O2/c1-17(13-5-3-4-6-14(13)19-2)15(18)11-9-10-7-8-12(11)16-10/h3-6,10-12,16H,7-9H2,1-2H3. The van der Waals surface area contributed by atoms with Gasteiger partial charge in [0.05, 0.1) is 18.7 Å². The molecule has 1 aromatic carbocycles. The molecule has 3 rings (SSSR count). The van der Waals surface area contributed by atoms with Crippen LogP contribution in [0.1, 0.15) is 19.3 Å². The molecule has 0 radical (unpaired) electrons. The fraction of sp³-hybridized carbons (Fsp3) is 0.533. The van der Waals surface area contributed by atoms with E-state index in [1.807, 2.05) is 31.3 Å². The molecule has 2 bridgehead atoms. The molecular weight excluding hydrogens is 240 g/mol. The molecule has 0 saturated carbocycles. The third-order valence-corrected chi connectivity index (χ3v) is 4.39. The van der Waals surface area contributed by atoms with Crippen molar-refractivity contribution in [3.63, 3.8) is 0 Å². The van der Waals surface area contributed by atoms with Gasteiger partial charge in [0.2, 0.25) is 5.91 Å². The number of rotatable bonds is 3. The Kier molecular flexibility index (Phi) is 3.19. The minimum absolute atomic E-state index is 0.119. The first kappa shape index (κ1) is 12.5. The third kappa shape index (κ3) is 2.10. The Hall–Kier alpha value is -1.55. The van der Waals surface area contributed by atoms with Crippen LogP contribution >= 0.6 is 0 Å². The lowest BCUT2D eigenvalue weighted by Crippen LogP contribution is -2.39. The number of hydrogen-bond donors (Lipinski definition) is 1. The molecule has 0 aliphatic carbocycles. The van der Waals surface area contributed by atoms with Crippen LogP contribution in [0.3, 0.4) is 0 Å². The number of anilines is 1. The number of carbonyl (C=O) groups excluding carboxylic acids is 1.